The maximum absolute atomic E-state index is 9.80. The Morgan fingerprint density at radius 3 is 2.50 bits per heavy atom. The topological polar surface area (TPSA) is 29.5 Å². The van der Waals surface area contributed by atoms with Crippen LogP contribution in [0.2, 0.25) is 0 Å². The first-order valence-corrected chi connectivity index (χ1v) is 5.78. The van der Waals surface area contributed by atoms with Crippen molar-refractivity contribution in [2.75, 3.05) is 7.11 Å². The first-order valence-electron chi connectivity index (χ1n) is 5.78. The van der Waals surface area contributed by atoms with Gasteiger partial charge in [-0.05, 0) is 45.4 Å². The molecule has 0 aliphatic heterocycles. The molecular weight excluding hydrogens is 176 g/mol. The summed E-state index contributed by atoms with van der Waals surface area (Å²) in [5.74, 6) is 0.512. The molecule has 1 saturated carbocycles. The van der Waals surface area contributed by atoms with E-state index in [1.54, 1.807) is 7.11 Å². The molecule has 0 saturated heterocycles. The lowest BCUT2D eigenvalue weighted by molar-refractivity contribution is -0.00320. The molecule has 1 rings (SSSR count). The number of aliphatic hydroxyl groups is 1. The SMILES string of the molecule is COC(C)(C)CCC1CCCCC1O. The van der Waals surface area contributed by atoms with Crippen molar-refractivity contribution in [1.82, 2.24) is 0 Å². The second-order valence-corrected chi connectivity index (χ2v) is 5.11. The third kappa shape index (κ3) is 3.58. The van der Waals surface area contributed by atoms with Gasteiger partial charge in [-0.25, -0.2) is 0 Å². The van der Waals surface area contributed by atoms with Crippen LogP contribution in [0.5, 0.6) is 0 Å². The minimum Gasteiger partial charge on any atom is -0.393 e. The lowest BCUT2D eigenvalue weighted by atomic mass is 9.81. The second-order valence-electron chi connectivity index (χ2n) is 5.11. The molecule has 0 aromatic rings. The van der Waals surface area contributed by atoms with E-state index in [1.165, 1.54) is 19.3 Å². The Labute approximate surface area is 87.7 Å². The predicted octanol–water partition coefficient (Wildman–Crippen LogP) is 2.74. The average molecular weight is 200 g/mol. The van der Waals surface area contributed by atoms with Crippen molar-refractivity contribution in [2.45, 2.75) is 64.1 Å². The molecule has 1 N–H and O–H groups in total. The van der Waals surface area contributed by atoms with Crippen LogP contribution in [0.1, 0.15) is 52.4 Å². The highest BCUT2D eigenvalue weighted by atomic mass is 16.5. The molecule has 1 aliphatic rings. The molecule has 84 valence electrons. The van der Waals surface area contributed by atoms with Crippen LogP contribution in [0, 0.1) is 5.92 Å². The van der Waals surface area contributed by atoms with Gasteiger partial charge in [0.1, 0.15) is 0 Å². The molecule has 0 heterocycles. The van der Waals surface area contributed by atoms with E-state index < -0.39 is 0 Å². The second kappa shape index (κ2) is 5.13. The van der Waals surface area contributed by atoms with Gasteiger partial charge in [-0.1, -0.05) is 12.8 Å². The van der Waals surface area contributed by atoms with Gasteiger partial charge in [0.2, 0.25) is 0 Å². The van der Waals surface area contributed by atoms with Crippen molar-refractivity contribution in [3.05, 3.63) is 0 Å². The Balaban J connectivity index is 2.29. The summed E-state index contributed by atoms with van der Waals surface area (Å²) in [4.78, 5) is 0. The van der Waals surface area contributed by atoms with Gasteiger partial charge in [-0.2, -0.15) is 0 Å². The zero-order chi connectivity index (χ0) is 10.6. The average Bonchev–Trinajstić information content (AvgIpc) is 2.17. The third-order valence-electron chi connectivity index (χ3n) is 3.54. The standard InChI is InChI=1S/C12H24O2/c1-12(2,14-3)9-8-10-6-4-5-7-11(10)13/h10-11,13H,4-9H2,1-3H3. The van der Waals surface area contributed by atoms with E-state index in [9.17, 15) is 5.11 Å². The zero-order valence-electron chi connectivity index (χ0n) is 9.75. The highest BCUT2D eigenvalue weighted by Gasteiger charge is 2.25. The monoisotopic (exact) mass is 200 g/mol. The molecule has 1 fully saturated rings. The largest absolute Gasteiger partial charge is 0.393 e. The summed E-state index contributed by atoms with van der Waals surface area (Å²) in [6, 6.07) is 0. The predicted molar refractivity (Wildman–Crippen MR) is 58.3 cm³/mol. The molecule has 0 spiro atoms. The molecule has 1 aliphatic carbocycles. The van der Waals surface area contributed by atoms with Crippen molar-refractivity contribution in [3.63, 3.8) is 0 Å². The summed E-state index contributed by atoms with van der Waals surface area (Å²) < 4.78 is 5.38. The van der Waals surface area contributed by atoms with Crippen molar-refractivity contribution in [3.8, 4) is 0 Å². The Bertz CT molecular complexity index is 166. The number of hydrogen-bond donors (Lipinski definition) is 1. The summed E-state index contributed by atoms with van der Waals surface area (Å²) in [7, 11) is 1.76. The van der Waals surface area contributed by atoms with Gasteiger partial charge in [0.15, 0.2) is 0 Å². The first kappa shape index (κ1) is 12.0. The first-order chi connectivity index (χ1) is 6.55. The fourth-order valence-corrected chi connectivity index (χ4v) is 2.16. The summed E-state index contributed by atoms with van der Waals surface area (Å²) in [5.41, 5.74) is -0.0306. The van der Waals surface area contributed by atoms with Crippen LogP contribution in [-0.2, 0) is 4.74 Å². The lowest BCUT2D eigenvalue weighted by Crippen LogP contribution is -2.29. The van der Waals surface area contributed by atoms with Crippen molar-refractivity contribution >= 4 is 0 Å². The summed E-state index contributed by atoms with van der Waals surface area (Å²) in [6.45, 7) is 4.23. The van der Waals surface area contributed by atoms with Gasteiger partial charge in [0, 0.05) is 7.11 Å². The molecule has 2 heteroatoms. The lowest BCUT2D eigenvalue weighted by Gasteiger charge is -2.31. The van der Waals surface area contributed by atoms with Crippen molar-refractivity contribution in [2.24, 2.45) is 5.92 Å². The van der Waals surface area contributed by atoms with E-state index in [0.29, 0.717) is 5.92 Å². The van der Waals surface area contributed by atoms with E-state index in [4.69, 9.17) is 4.74 Å². The van der Waals surface area contributed by atoms with E-state index in [-0.39, 0.29) is 11.7 Å². The Kier molecular flexibility index (Phi) is 4.39. The molecule has 0 amide bonds. The van der Waals surface area contributed by atoms with Crippen LogP contribution in [-0.4, -0.2) is 23.9 Å². The number of ether oxygens (including phenoxy) is 1. The van der Waals surface area contributed by atoms with Gasteiger partial charge in [-0.15, -0.1) is 0 Å². The van der Waals surface area contributed by atoms with Gasteiger partial charge in [0.05, 0.1) is 11.7 Å². The number of aliphatic hydroxyl groups excluding tert-OH is 1. The van der Waals surface area contributed by atoms with Crippen LogP contribution < -0.4 is 0 Å². The minimum atomic E-state index is -0.0589. The van der Waals surface area contributed by atoms with Crippen LogP contribution >= 0.6 is 0 Å². The highest BCUT2D eigenvalue weighted by molar-refractivity contribution is 4.78. The van der Waals surface area contributed by atoms with E-state index in [1.807, 2.05) is 0 Å². The fraction of sp³-hybridized carbons (Fsp3) is 1.00. The molecule has 2 unspecified atom stereocenters. The summed E-state index contributed by atoms with van der Waals surface area (Å²) in [5, 5.41) is 9.80. The maximum Gasteiger partial charge on any atom is 0.0622 e. The van der Waals surface area contributed by atoms with Crippen LogP contribution in [0.15, 0.2) is 0 Å². The molecule has 2 nitrogen and oxygen atoms in total. The number of methoxy groups -OCH3 is 1. The summed E-state index contributed by atoms with van der Waals surface area (Å²) in [6.07, 6.45) is 6.77. The van der Waals surface area contributed by atoms with Gasteiger partial charge in [-0.3, -0.25) is 0 Å². The molecule has 0 aromatic carbocycles. The smallest absolute Gasteiger partial charge is 0.0622 e. The molecule has 0 radical (unpaired) electrons. The molecular formula is C12H24O2. The number of rotatable bonds is 4. The number of hydrogen-bond acceptors (Lipinski definition) is 2. The van der Waals surface area contributed by atoms with E-state index in [0.717, 1.165) is 19.3 Å². The Morgan fingerprint density at radius 2 is 1.93 bits per heavy atom. The van der Waals surface area contributed by atoms with Crippen LogP contribution in [0.4, 0.5) is 0 Å². The van der Waals surface area contributed by atoms with Crippen molar-refractivity contribution in [1.29, 1.82) is 0 Å². The van der Waals surface area contributed by atoms with Crippen LogP contribution in [0.25, 0.3) is 0 Å². The van der Waals surface area contributed by atoms with Crippen LogP contribution in [0.3, 0.4) is 0 Å². The van der Waals surface area contributed by atoms with E-state index >= 15 is 0 Å². The third-order valence-corrected chi connectivity index (χ3v) is 3.54. The maximum atomic E-state index is 9.80. The summed E-state index contributed by atoms with van der Waals surface area (Å²) >= 11 is 0. The van der Waals surface area contributed by atoms with Gasteiger partial charge in [0.25, 0.3) is 0 Å². The molecule has 0 aromatic heterocycles. The minimum absolute atomic E-state index is 0.0306. The Hall–Kier alpha value is -0.0800. The zero-order valence-corrected chi connectivity index (χ0v) is 9.75. The van der Waals surface area contributed by atoms with Crippen molar-refractivity contribution < 1.29 is 9.84 Å². The normalized spacial score (nSPS) is 29.1. The highest BCUT2D eigenvalue weighted by Crippen LogP contribution is 2.30. The molecule has 14 heavy (non-hydrogen) atoms. The fourth-order valence-electron chi connectivity index (χ4n) is 2.16. The molecule has 0 bridgehead atoms. The van der Waals surface area contributed by atoms with Gasteiger partial charge < -0.3 is 9.84 Å². The quantitative estimate of drug-likeness (QED) is 0.756. The van der Waals surface area contributed by atoms with E-state index in [2.05, 4.69) is 13.8 Å². The van der Waals surface area contributed by atoms with Gasteiger partial charge >= 0.3 is 0 Å². The molecule has 2 atom stereocenters. The Morgan fingerprint density at radius 1 is 1.29 bits per heavy atom.